The van der Waals surface area contributed by atoms with E-state index in [-0.39, 0.29) is 28.3 Å². The number of halogens is 4. The van der Waals surface area contributed by atoms with Crippen molar-refractivity contribution in [3.63, 3.8) is 0 Å². The number of likely N-dealkylation sites (tertiary alicyclic amines) is 1. The second-order valence-corrected chi connectivity index (χ2v) is 10.1. The van der Waals surface area contributed by atoms with E-state index in [4.69, 9.17) is 11.6 Å². The van der Waals surface area contributed by atoms with Crippen LogP contribution in [-0.2, 0) is 9.59 Å². The molecule has 0 bridgehead atoms. The van der Waals surface area contributed by atoms with E-state index in [1.54, 1.807) is 17.1 Å². The summed E-state index contributed by atoms with van der Waals surface area (Å²) in [6, 6.07) is 5.44. The highest BCUT2D eigenvalue weighted by Crippen LogP contribution is 2.50. The van der Waals surface area contributed by atoms with Gasteiger partial charge >= 0.3 is 5.57 Å². The Bertz CT molecular complexity index is 958. The summed E-state index contributed by atoms with van der Waals surface area (Å²) in [5.41, 5.74) is -2.79. The number of benzene rings is 1. The SMILES string of the molecule is CN(C)CCN1C(=O)C(C)(C)C2C1=CC(C(=O)Nc1ccc(OC(F)(F)Cl)cc1)=CC2Br. The molecule has 1 N–H and O–H groups in total. The molecule has 1 aromatic rings. The first-order valence-corrected chi connectivity index (χ1v) is 11.3. The number of anilines is 1. The number of hydrogen-bond acceptors (Lipinski definition) is 4. The molecule has 3 rings (SSSR count). The van der Waals surface area contributed by atoms with Crippen LogP contribution in [0.25, 0.3) is 0 Å². The number of carbonyl (C=O) groups is 2. The Morgan fingerprint density at radius 2 is 1.94 bits per heavy atom. The van der Waals surface area contributed by atoms with Gasteiger partial charge in [0, 0.05) is 52.4 Å². The molecule has 10 heteroatoms. The molecule has 1 fully saturated rings. The van der Waals surface area contributed by atoms with Crippen LogP contribution in [0, 0.1) is 11.3 Å². The van der Waals surface area contributed by atoms with Gasteiger partial charge in [-0.15, -0.1) is 8.78 Å². The van der Waals surface area contributed by atoms with E-state index in [2.05, 4.69) is 26.0 Å². The molecular weight excluding hydrogens is 508 g/mol. The van der Waals surface area contributed by atoms with Crippen LogP contribution in [0.1, 0.15) is 13.8 Å². The van der Waals surface area contributed by atoms with Gasteiger partial charge < -0.3 is 19.9 Å². The lowest BCUT2D eigenvalue weighted by atomic mass is 9.76. The minimum Gasteiger partial charge on any atom is -0.420 e. The Labute approximate surface area is 199 Å². The average Bonchev–Trinajstić information content (AvgIpc) is 2.86. The second-order valence-electron chi connectivity index (χ2n) is 8.62. The second kappa shape index (κ2) is 9.11. The van der Waals surface area contributed by atoms with Crippen LogP contribution in [-0.4, -0.2) is 59.2 Å². The van der Waals surface area contributed by atoms with Crippen LogP contribution in [0.3, 0.4) is 0 Å². The molecule has 0 saturated carbocycles. The van der Waals surface area contributed by atoms with Crippen LogP contribution in [0.4, 0.5) is 14.5 Å². The zero-order valence-corrected chi connectivity index (χ0v) is 20.5. The lowest BCUT2D eigenvalue weighted by Crippen LogP contribution is -2.36. The van der Waals surface area contributed by atoms with Gasteiger partial charge in [0.2, 0.25) is 5.91 Å². The minimum absolute atomic E-state index is 0.0294. The van der Waals surface area contributed by atoms with Crippen LogP contribution in [0.2, 0.25) is 0 Å². The first kappa shape index (κ1) is 24.7. The van der Waals surface area contributed by atoms with E-state index >= 15 is 0 Å². The molecule has 2 amide bonds. The van der Waals surface area contributed by atoms with Gasteiger partial charge in [0.05, 0.1) is 5.41 Å². The fraction of sp³-hybridized carbons (Fsp3) is 0.455. The third-order valence-corrected chi connectivity index (χ3v) is 6.41. The summed E-state index contributed by atoms with van der Waals surface area (Å²) in [6.45, 7) is 5.06. The molecule has 1 aliphatic carbocycles. The first-order chi connectivity index (χ1) is 14.8. The number of carbonyl (C=O) groups excluding carboxylic acids is 2. The van der Waals surface area contributed by atoms with Gasteiger partial charge in [-0.25, -0.2) is 0 Å². The van der Waals surface area contributed by atoms with Crippen molar-refractivity contribution < 1.29 is 23.1 Å². The van der Waals surface area contributed by atoms with Gasteiger partial charge in [-0.3, -0.25) is 9.59 Å². The number of allylic oxidation sites excluding steroid dienone is 2. The molecule has 1 aliphatic heterocycles. The van der Waals surface area contributed by atoms with Crippen molar-refractivity contribution in [2.24, 2.45) is 11.3 Å². The molecule has 2 atom stereocenters. The number of likely N-dealkylation sites (N-methyl/N-ethyl adjacent to an activating group) is 1. The van der Waals surface area contributed by atoms with Crippen LogP contribution < -0.4 is 10.1 Å². The molecule has 6 nitrogen and oxygen atoms in total. The summed E-state index contributed by atoms with van der Waals surface area (Å²) in [6.07, 6.45) is 3.55. The van der Waals surface area contributed by atoms with Gasteiger partial charge in [0.1, 0.15) is 5.75 Å². The quantitative estimate of drug-likeness (QED) is 0.528. The van der Waals surface area contributed by atoms with Crippen molar-refractivity contribution >= 4 is 45.0 Å². The number of hydrogen-bond donors (Lipinski definition) is 1. The smallest absolute Gasteiger partial charge is 0.420 e. The minimum atomic E-state index is -3.81. The Kier molecular flexibility index (Phi) is 7.02. The molecule has 174 valence electrons. The number of rotatable bonds is 7. The van der Waals surface area contributed by atoms with Crippen molar-refractivity contribution in [3.05, 3.63) is 47.7 Å². The molecule has 0 radical (unpaired) electrons. The van der Waals surface area contributed by atoms with E-state index in [0.717, 1.165) is 5.70 Å². The molecular formula is C22H25BrClF2N3O3. The Hall–Kier alpha value is -1.97. The summed E-state index contributed by atoms with van der Waals surface area (Å²) in [5.74, 6) is -0.570. The largest absolute Gasteiger partial charge is 0.487 e. The van der Waals surface area contributed by atoms with Gasteiger partial charge in [0.15, 0.2) is 0 Å². The molecule has 1 aromatic carbocycles. The van der Waals surface area contributed by atoms with Crippen molar-refractivity contribution in [3.8, 4) is 5.75 Å². The normalized spacial score (nSPS) is 22.4. The third kappa shape index (κ3) is 5.32. The van der Waals surface area contributed by atoms with Crippen molar-refractivity contribution in [1.82, 2.24) is 9.80 Å². The maximum atomic E-state index is 13.1. The number of nitrogens with one attached hydrogen (secondary N) is 1. The molecule has 2 unspecified atom stereocenters. The molecule has 0 aromatic heterocycles. The number of ether oxygens (including phenoxy) is 1. The molecule has 1 heterocycles. The molecule has 32 heavy (non-hydrogen) atoms. The highest BCUT2D eigenvalue weighted by atomic mass is 79.9. The van der Waals surface area contributed by atoms with Gasteiger partial charge in [-0.1, -0.05) is 35.9 Å². The number of nitrogens with zero attached hydrogens (tertiary/aromatic N) is 2. The van der Waals surface area contributed by atoms with Crippen LogP contribution in [0.5, 0.6) is 5.75 Å². The van der Waals surface area contributed by atoms with Crippen LogP contribution >= 0.6 is 27.5 Å². The lowest BCUT2D eigenvalue weighted by molar-refractivity contribution is -0.134. The zero-order chi connectivity index (χ0) is 23.8. The monoisotopic (exact) mass is 531 g/mol. The van der Waals surface area contributed by atoms with Crippen molar-refractivity contribution in [1.29, 1.82) is 0 Å². The zero-order valence-electron chi connectivity index (χ0n) is 18.2. The molecule has 1 saturated heterocycles. The Balaban J connectivity index is 1.79. The van der Waals surface area contributed by atoms with E-state index in [9.17, 15) is 18.4 Å². The predicted octanol–water partition coefficient (Wildman–Crippen LogP) is 4.43. The summed E-state index contributed by atoms with van der Waals surface area (Å²) < 4.78 is 29.8. The van der Waals surface area contributed by atoms with Gasteiger partial charge in [0.25, 0.3) is 5.91 Å². The van der Waals surface area contributed by atoms with E-state index < -0.39 is 11.0 Å². The maximum absolute atomic E-state index is 13.1. The molecule has 0 spiro atoms. The summed E-state index contributed by atoms with van der Waals surface area (Å²) in [4.78, 5) is 29.6. The van der Waals surface area contributed by atoms with Crippen molar-refractivity contribution in [2.45, 2.75) is 24.2 Å². The first-order valence-electron chi connectivity index (χ1n) is 10.0. The number of fused-ring (bicyclic) bond motifs is 1. The topological polar surface area (TPSA) is 61.9 Å². The van der Waals surface area contributed by atoms with E-state index in [1.165, 1.54) is 24.3 Å². The highest BCUT2D eigenvalue weighted by molar-refractivity contribution is 9.09. The van der Waals surface area contributed by atoms with Gasteiger partial charge in [-0.05, 0) is 44.4 Å². The number of amides is 2. The average molecular weight is 533 g/mol. The third-order valence-electron chi connectivity index (χ3n) is 5.54. The highest BCUT2D eigenvalue weighted by Gasteiger charge is 2.53. The molecule has 2 aliphatic rings. The summed E-state index contributed by atoms with van der Waals surface area (Å²) >= 11 is 8.41. The fourth-order valence-corrected chi connectivity index (χ4v) is 5.26. The Morgan fingerprint density at radius 3 is 2.50 bits per heavy atom. The number of alkyl halides is 4. The summed E-state index contributed by atoms with van der Waals surface area (Å²) in [7, 11) is 3.88. The van der Waals surface area contributed by atoms with Gasteiger partial charge in [-0.2, -0.15) is 0 Å². The summed E-state index contributed by atoms with van der Waals surface area (Å²) in [5, 5.41) is 2.74. The van der Waals surface area contributed by atoms with E-state index in [1.807, 2.05) is 32.8 Å². The van der Waals surface area contributed by atoms with Crippen molar-refractivity contribution in [2.75, 3.05) is 32.5 Å². The maximum Gasteiger partial charge on any atom is 0.487 e. The standard InChI is InChI=1S/C22H25BrClF2N3O3/c1-21(2)18-16(23)11-13(12-17(18)29(20(21)31)10-9-28(3)4)19(30)27-14-5-7-15(8-6-14)32-22(24,25)26/h5-8,11-12,16,18H,9-10H2,1-4H3,(H,27,30). The Morgan fingerprint density at radius 1 is 1.31 bits per heavy atom. The predicted molar refractivity (Wildman–Crippen MR) is 123 cm³/mol. The lowest BCUT2D eigenvalue weighted by Gasteiger charge is -2.30. The van der Waals surface area contributed by atoms with Crippen LogP contribution in [0.15, 0.2) is 47.7 Å². The van der Waals surface area contributed by atoms with E-state index in [0.29, 0.717) is 24.4 Å². The fourth-order valence-electron chi connectivity index (χ4n) is 3.95.